The molecule has 3 N–H and O–H groups in total. The molecular weight excluding hydrogens is 278 g/mol. The molecule has 0 saturated heterocycles. The number of amides is 2. The summed E-state index contributed by atoms with van der Waals surface area (Å²) in [5, 5.41) is 6.86. The second-order valence-corrected chi connectivity index (χ2v) is 5.97. The first kappa shape index (κ1) is 14.6. The number of carbonyl (C=O) groups is 2. The molecule has 1 aromatic heterocycles. The lowest BCUT2D eigenvalue weighted by atomic mass is 10.2. The van der Waals surface area contributed by atoms with Crippen molar-refractivity contribution in [3.63, 3.8) is 0 Å². The summed E-state index contributed by atoms with van der Waals surface area (Å²) >= 11 is 0. The van der Waals surface area contributed by atoms with E-state index in [1.54, 1.807) is 0 Å². The molecule has 1 aliphatic rings. The highest BCUT2D eigenvalue weighted by Crippen LogP contribution is 2.28. The van der Waals surface area contributed by atoms with E-state index in [-0.39, 0.29) is 17.7 Å². The van der Waals surface area contributed by atoms with Gasteiger partial charge in [0.15, 0.2) is 0 Å². The summed E-state index contributed by atoms with van der Waals surface area (Å²) in [6.45, 7) is 2.58. The molecule has 5 nitrogen and oxygen atoms in total. The number of H-pyrrole nitrogens is 1. The lowest BCUT2D eigenvalue weighted by Crippen LogP contribution is -2.26. The molecule has 2 aromatic rings. The van der Waals surface area contributed by atoms with Gasteiger partial charge >= 0.3 is 0 Å². The first-order valence-corrected chi connectivity index (χ1v) is 7.79. The minimum atomic E-state index is -0.0210. The third kappa shape index (κ3) is 3.67. The van der Waals surface area contributed by atoms with E-state index in [0.29, 0.717) is 19.4 Å². The van der Waals surface area contributed by atoms with Crippen molar-refractivity contribution in [2.75, 3.05) is 11.9 Å². The van der Waals surface area contributed by atoms with E-state index in [2.05, 4.69) is 21.7 Å². The van der Waals surface area contributed by atoms with Gasteiger partial charge in [-0.15, -0.1) is 0 Å². The number of fused-ring (bicyclic) bond motifs is 1. The largest absolute Gasteiger partial charge is 0.359 e. The molecule has 1 heterocycles. The zero-order chi connectivity index (χ0) is 15.5. The predicted octanol–water partition coefficient (Wildman–Crippen LogP) is 2.72. The molecule has 1 saturated carbocycles. The van der Waals surface area contributed by atoms with Crippen LogP contribution in [0.5, 0.6) is 0 Å². The van der Waals surface area contributed by atoms with Crippen LogP contribution in [0.15, 0.2) is 24.3 Å². The van der Waals surface area contributed by atoms with Crippen LogP contribution in [-0.2, 0) is 9.59 Å². The Morgan fingerprint density at radius 3 is 2.86 bits per heavy atom. The fourth-order valence-corrected chi connectivity index (χ4v) is 2.53. The lowest BCUT2D eigenvalue weighted by molar-refractivity contribution is -0.122. The van der Waals surface area contributed by atoms with Gasteiger partial charge in [0.2, 0.25) is 11.8 Å². The monoisotopic (exact) mass is 299 g/mol. The smallest absolute Gasteiger partial charge is 0.224 e. The third-order valence-corrected chi connectivity index (χ3v) is 3.87. The van der Waals surface area contributed by atoms with Gasteiger partial charge in [-0.05, 0) is 50.5 Å². The number of carbonyl (C=O) groups excluding carboxylic acids is 2. The van der Waals surface area contributed by atoms with E-state index in [4.69, 9.17) is 0 Å². The summed E-state index contributed by atoms with van der Waals surface area (Å²) in [6, 6.07) is 7.88. The van der Waals surface area contributed by atoms with Crippen LogP contribution in [0.2, 0.25) is 0 Å². The van der Waals surface area contributed by atoms with E-state index in [0.717, 1.165) is 35.1 Å². The second-order valence-electron chi connectivity index (χ2n) is 5.97. The van der Waals surface area contributed by atoms with Gasteiger partial charge in [0.1, 0.15) is 0 Å². The Morgan fingerprint density at radius 2 is 2.09 bits per heavy atom. The fraction of sp³-hybridized carbons (Fsp3) is 0.412. The van der Waals surface area contributed by atoms with Gasteiger partial charge < -0.3 is 15.6 Å². The van der Waals surface area contributed by atoms with Gasteiger partial charge in [0.05, 0.1) is 0 Å². The van der Waals surface area contributed by atoms with Crippen LogP contribution in [0.1, 0.15) is 31.4 Å². The van der Waals surface area contributed by atoms with Gasteiger partial charge in [0.25, 0.3) is 0 Å². The molecule has 0 bridgehead atoms. The first-order valence-electron chi connectivity index (χ1n) is 7.79. The molecule has 5 heteroatoms. The van der Waals surface area contributed by atoms with Crippen molar-refractivity contribution in [3.8, 4) is 0 Å². The Bertz CT molecular complexity index is 701. The molecule has 0 atom stereocenters. The molecule has 3 rings (SSSR count). The number of anilines is 1. The molecular formula is C17H21N3O2. The summed E-state index contributed by atoms with van der Waals surface area (Å²) in [4.78, 5) is 26.6. The van der Waals surface area contributed by atoms with Crippen LogP contribution in [0.3, 0.4) is 0 Å². The predicted molar refractivity (Wildman–Crippen MR) is 86.6 cm³/mol. The highest BCUT2D eigenvalue weighted by molar-refractivity contribution is 5.94. The summed E-state index contributed by atoms with van der Waals surface area (Å²) in [5.74, 6) is 0.339. The number of aromatic nitrogens is 1. The molecule has 1 aliphatic carbocycles. The maximum Gasteiger partial charge on any atom is 0.224 e. The second kappa shape index (κ2) is 6.22. The number of rotatable bonds is 6. The highest BCUT2D eigenvalue weighted by Gasteiger charge is 2.28. The maximum absolute atomic E-state index is 11.9. The topological polar surface area (TPSA) is 74.0 Å². The number of nitrogens with one attached hydrogen (secondary N) is 3. The SMILES string of the molecule is Cc1cc2cc(NC(=O)CCCNC(=O)C3CC3)ccc2[nH]1. The maximum atomic E-state index is 11.9. The number of hydrogen-bond acceptors (Lipinski definition) is 2. The lowest BCUT2D eigenvalue weighted by Gasteiger charge is -2.06. The van der Waals surface area contributed by atoms with Crippen molar-refractivity contribution in [2.45, 2.75) is 32.6 Å². The van der Waals surface area contributed by atoms with E-state index in [1.165, 1.54) is 0 Å². The molecule has 0 unspecified atom stereocenters. The quantitative estimate of drug-likeness (QED) is 0.717. The van der Waals surface area contributed by atoms with Crippen LogP contribution in [0, 0.1) is 12.8 Å². The molecule has 0 spiro atoms. The molecule has 116 valence electrons. The number of aromatic amines is 1. The van der Waals surface area contributed by atoms with Crippen molar-refractivity contribution in [2.24, 2.45) is 5.92 Å². The Balaban J connectivity index is 1.44. The summed E-state index contributed by atoms with van der Waals surface area (Å²) in [7, 11) is 0. The van der Waals surface area contributed by atoms with Gasteiger partial charge in [-0.3, -0.25) is 9.59 Å². The Labute approximate surface area is 129 Å². The average molecular weight is 299 g/mol. The van der Waals surface area contributed by atoms with E-state index < -0.39 is 0 Å². The van der Waals surface area contributed by atoms with Crippen LogP contribution in [0.4, 0.5) is 5.69 Å². The van der Waals surface area contributed by atoms with E-state index in [1.807, 2.05) is 25.1 Å². The summed E-state index contributed by atoms with van der Waals surface area (Å²) in [5.41, 5.74) is 2.97. The minimum absolute atomic E-state index is 0.0210. The van der Waals surface area contributed by atoms with Gasteiger partial charge in [-0.1, -0.05) is 0 Å². The van der Waals surface area contributed by atoms with Crippen LogP contribution >= 0.6 is 0 Å². The fourth-order valence-electron chi connectivity index (χ4n) is 2.53. The van der Waals surface area contributed by atoms with Crippen molar-refractivity contribution >= 4 is 28.4 Å². The van der Waals surface area contributed by atoms with Gasteiger partial charge in [-0.2, -0.15) is 0 Å². The van der Waals surface area contributed by atoms with Crippen molar-refractivity contribution in [3.05, 3.63) is 30.0 Å². The van der Waals surface area contributed by atoms with Crippen LogP contribution in [-0.4, -0.2) is 23.3 Å². The molecule has 0 aliphatic heterocycles. The Kier molecular flexibility index (Phi) is 4.13. The zero-order valence-electron chi connectivity index (χ0n) is 12.7. The first-order chi connectivity index (χ1) is 10.6. The summed E-state index contributed by atoms with van der Waals surface area (Å²) in [6.07, 6.45) is 3.09. The summed E-state index contributed by atoms with van der Waals surface area (Å²) < 4.78 is 0. The average Bonchev–Trinajstić information content (AvgIpc) is 3.25. The van der Waals surface area contributed by atoms with Gasteiger partial charge in [0, 0.05) is 41.2 Å². The van der Waals surface area contributed by atoms with Crippen LogP contribution < -0.4 is 10.6 Å². The number of benzene rings is 1. The third-order valence-electron chi connectivity index (χ3n) is 3.87. The molecule has 2 amide bonds. The molecule has 22 heavy (non-hydrogen) atoms. The standard InChI is InChI=1S/C17H21N3O2/c1-11-9-13-10-14(6-7-15(13)19-11)20-16(21)3-2-8-18-17(22)12-4-5-12/h6-7,9-10,12,19H,2-5,8H2,1H3,(H,18,22)(H,20,21). The van der Waals surface area contributed by atoms with E-state index >= 15 is 0 Å². The van der Waals surface area contributed by atoms with E-state index in [9.17, 15) is 9.59 Å². The number of hydrogen-bond donors (Lipinski definition) is 3. The van der Waals surface area contributed by atoms with Crippen molar-refractivity contribution in [1.82, 2.24) is 10.3 Å². The molecule has 1 fully saturated rings. The Morgan fingerprint density at radius 1 is 1.27 bits per heavy atom. The normalized spacial score (nSPS) is 14.0. The minimum Gasteiger partial charge on any atom is -0.359 e. The molecule has 0 radical (unpaired) electrons. The van der Waals surface area contributed by atoms with Gasteiger partial charge in [-0.25, -0.2) is 0 Å². The number of aryl methyl sites for hydroxylation is 1. The zero-order valence-corrected chi connectivity index (χ0v) is 12.7. The molecule has 1 aromatic carbocycles. The van der Waals surface area contributed by atoms with Crippen molar-refractivity contribution < 1.29 is 9.59 Å². The highest BCUT2D eigenvalue weighted by atomic mass is 16.2. The Hall–Kier alpha value is -2.30. The van der Waals surface area contributed by atoms with Crippen LogP contribution in [0.25, 0.3) is 10.9 Å². The van der Waals surface area contributed by atoms with Crippen molar-refractivity contribution in [1.29, 1.82) is 0 Å².